The highest BCUT2D eigenvalue weighted by molar-refractivity contribution is 6.07. The van der Waals surface area contributed by atoms with Crippen molar-refractivity contribution in [2.75, 3.05) is 19.8 Å². The van der Waals surface area contributed by atoms with E-state index in [0.717, 1.165) is 0 Å². The molecule has 0 atom stereocenters. The van der Waals surface area contributed by atoms with Crippen LogP contribution in [0.5, 0.6) is 5.75 Å². The van der Waals surface area contributed by atoms with Gasteiger partial charge in [0, 0.05) is 30.4 Å². The number of pyridine rings is 1. The number of carbonyl (C=O) groups is 1. The van der Waals surface area contributed by atoms with Crippen LogP contribution in [0.4, 0.5) is 0 Å². The molecular formula is C23H23N3O5. The van der Waals surface area contributed by atoms with Gasteiger partial charge in [-0.1, -0.05) is 6.07 Å². The van der Waals surface area contributed by atoms with E-state index in [1.54, 1.807) is 43.5 Å². The summed E-state index contributed by atoms with van der Waals surface area (Å²) in [6, 6.07) is 10.8. The third kappa shape index (κ3) is 4.24. The molecule has 1 fully saturated rings. The van der Waals surface area contributed by atoms with E-state index in [1.807, 2.05) is 6.07 Å². The van der Waals surface area contributed by atoms with Crippen molar-refractivity contribution in [3.63, 3.8) is 0 Å². The predicted molar refractivity (Wildman–Crippen MR) is 112 cm³/mol. The van der Waals surface area contributed by atoms with Gasteiger partial charge in [-0.15, -0.1) is 0 Å². The Balaban J connectivity index is 1.59. The summed E-state index contributed by atoms with van der Waals surface area (Å²) in [6.45, 7) is 2.73. The monoisotopic (exact) mass is 421 g/mol. The number of hydrogen-bond acceptors (Lipinski definition) is 7. The molecule has 3 aromatic rings. The predicted octanol–water partition coefficient (Wildman–Crippen LogP) is 2.86. The fourth-order valence-corrected chi connectivity index (χ4v) is 3.78. The third-order valence-electron chi connectivity index (χ3n) is 5.59. The van der Waals surface area contributed by atoms with Crippen molar-refractivity contribution in [1.82, 2.24) is 10.3 Å². The summed E-state index contributed by atoms with van der Waals surface area (Å²) >= 11 is 0. The Kier molecular flexibility index (Phi) is 5.89. The number of fused-ring (bicyclic) bond motifs is 1. The maximum atomic E-state index is 13.1. The minimum atomic E-state index is -0.701. The second-order valence-electron chi connectivity index (χ2n) is 7.61. The van der Waals surface area contributed by atoms with Gasteiger partial charge in [0.05, 0.1) is 17.7 Å². The topological polar surface area (TPSA) is 118 Å². The lowest BCUT2D eigenvalue weighted by atomic mass is 9.90. The van der Waals surface area contributed by atoms with Gasteiger partial charge in [0.15, 0.2) is 0 Å². The lowest BCUT2D eigenvalue weighted by molar-refractivity contribution is 0.0125. The molecule has 4 rings (SSSR count). The Morgan fingerprint density at radius 3 is 2.90 bits per heavy atom. The van der Waals surface area contributed by atoms with Crippen LogP contribution in [-0.4, -0.2) is 41.4 Å². The molecule has 2 N–H and O–H groups in total. The number of carbonyl (C=O) groups excluding carboxylic acids is 1. The number of aliphatic hydroxyl groups excluding tert-OH is 1. The Hall–Kier alpha value is -3.41. The molecule has 0 bridgehead atoms. The van der Waals surface area contributed by atoms with Crippen LogP contribution in [0.15, 0.2) is 40.9 Å². The number of ether oxygens (including phenoxy) is 2. The molecule has 3 heterocycles. The average molecular weight is 421 g/mol. The minimum absolute atomic E-state index is 0.155. The molecule has 8 heteroatoms. The summed E-state index contributed by atoms with van der Waals surface area (Å²) in [6.07, 6.45) is 2.65. The van der Waals surface area contributed by atoms with Gasteiger partial charge in [-0.25, -0.2) is 4.98 Å². The Morgan fingerprint density at radius 2 is 2.16 bits per heavy atom. The Bertz CT molecular complexity index is 1140. The van der Waals surface area contributed by atoms with Gasteiger partial charge >= 0.3 is 0 Å². The Labute approximate surface area is 179 Å². The van der Waals surface area contributed by atoms with E-state index in [1.165, 1.54) is 0 Å². The van der Waals surface area contributed by atoms with Crippen LogP contribution < -0.4 is 10.1 Å². The molecule has 1 aromatic carbocycles. The zero-order chi connectivity index (χ0) is 21.8. The highest BCUT2D eigenvalue weighted by Gasteiger charge is 2.35. The number of nitrogens with one attached hydrogen (secondary N) is 1. The van der Waals surface area contributed by atoms with Gasteiger partial charge in [-0.3, -0.25) is 4.79 Å². The second-order valence-corrected chi connectivity index (χ2v) is 7.61. The summed E-state index contributed by atoms with van der Waals surface area (Å²) in [7, 11) is 0. The van der Waals surface area contributed by atoms with E-state index < -0.39 is 5.54 Å². The van der Waals surface area contributed by atoms with E-state index in [0.29, 0.717) is 65.4 Å². The largest absolute Gasteiger partial charge is 0.489 e. The number of benzene rings is 1. The lowest BCUT2D eigenvalue weighted by Crippen LogP contribution is -2.54. The summed E-state index contributed by atoms with van der Waals surface area (Å²) in [5.74, 6) is 0.727. The zero-order valence-corrected chi connectivity index (χ0v) is 17.2. The molecule has 160 valence electrons. The highest BCUT2D eigenvalue weighted by atomic mass is 16.5. The molecule has 0 spiro atoms. The standard InChI is InChI=1S/C23H23N3O5/c1-15-21(22(28)26-23(14-27)6-9-29-10-7-23)18-11-17(4-5-20(18)31-15)30-13-16-3-2-8-25-19(16)12-24/h2-5,8,11,27H,6-7,9-10,13-14H2,1H3,(H,26,28). The molecule has 1 aliphatic rings. The molecule has 0 unspecified atom stereocenters. The zero-order valence-electron chi connectivity index (χ0n) is 17.2. The summed E-state index contributed by atoms with van der Waals surface area (Å²) < 4.78 is 17.0. The summed E-state index contributed by atoms with van der Waals surface area (Å²) in [4.78, 5) is 17.2. The average Bonchev–Trinajstić information content (AvgIpc) is 3.13. The van der Waals surface area contributed by atoms with Crippen LogP contribution in [0.1, 0.15) is 40.2 Å². The number of nitriles is 1. The van der Waals surface area contributed by atoms with Crippen LogP contribution in [0.2, 0.25) is 0 Å². The molecule has 0 radical (unpaired) electrons. The van der Waals surface area contributed by atoms with Crippen molar-refractivity contribution in [2.24, 2.45) is 0 Å². The highest BCUT2D eigenvalue weighted by Crippen LogP contribution is 2.31. The van der Waals surface area contributed by atoms with E-state index >= 15 is 0 Å². The van der Waals surface area contributed by atoms with Crippen molar-refractivity contribution in [3.05, 3.63) is 59.1 Å². The lowest BCUT2D eigenvalue weighted by Gasteiger charge is -2.36. The first-order chi connectivity index (χ1) is 15.0. The van der Waals surface area contributed by atoms with Gasteiger partial charge in [0.1, 0.15) is 35.5 Å². The molecule has 8 nitrogen and oxygen atoms in total. The molecule has 1 aliphatic heterocycles. The SMILES string of the molecule is Cc1oc2ccc(OCc3cccnc3C#N)cc2c1C(=O)NC1(CO)CCOCC1. The number of furan rings is 1. The van der Waals surface area contributed by atoms with Gasteiger partial charge < -0.3 is 24.3 Å². The smallest absolute Gasteiger partial charge is 0.255 e. The number of aromatic nitrogens is 1. The van der Waals surface area contributed by atoms with Crippen LogP contribution in [0.25, 0.3) is 11.0 Å². The van der Waals surface area contributed by atoms with Crippen molar-refractivity contribution >= 4 is 16.9 Å². The van der Waals surface area contributed by atoms with E-state index in [2.05, 4.69) is 10.3 Å². The number of aryl methyl sites for hydroxylation is 1. The summed E-state index contributed by atoms with van der Waals surface area (Å²) in [5.41, 5.74) is 1.27. The maximum absolute atomic E-state index is 13.1. The molecule has 0 aliphatic carbocycles. The molecule has 31 heavy (non-hydrogen) atoms. The number of aliphatic hydroxyl groups is 1. The first-order valence-corrected chi connectivity index (χ1v) is 10.1. The fraction of sp³-hybridized carbons (Fsp3) is 0.348. The van der Waals surface area contributed by atoms with Crippen LogP contribution in [-0.2, 0) is 11.3 Å². The maximum Gasteiger partial charge on any atom is 0.255 e. The quantitative estimate of drug-likeness (QED) is 0.628. The van der Waals surface area contributed by atoms with Gasteiger partial charge in [0.25, 0.3) is 5.91 Å². The molecule has 1 saturated heterocycles. The minimum Gasteiger partial charge on any atom is -0.489 e. The second kappa shape index (κ2) is 8.76. The van der Waals surface area contributed by atoms with Crippen molar-refractivity contribution in [1.29, 1.82) is 5.26 Å². The number of rotatable bonds is 6. The molecule has 2 aromatic heterocycles. The first-order valence-electron chi connectivity index (χ1n) is 10.1. The first kappa shape index (κ1) is 20.8. The van der Waals surface area contributed by atoms with E-state index in [-0.39, 0.29) is 19.1 Å². The van der Waals surface area contributed by atoms with Gasteiger partial charge in [-0.05, 0) is 44.0 Å². The molecule has 0 saturated carbocycles. The Morgan fingerprint density at radius 1 is 1.35 bits per heavy atom. The van der Waals surface area contributed by atoms with Crippen molar-refractivity contribution < 1.29 is 23.8 Å². The van der Waals surface area contributed by atoms with Gasteiger partial charge in [0.2, 0.25) is 0 Å². The van der Waals surface area contributed by atoms with Crippen molar-refractivity contribution in [3.8, 4) is 11.8 Å². The number of nitrogens with zero attached hydrogens (tertiary/aromatic N) is 2. The number of hydrogen-bond donors (Lipinski definition) is 2. The van der Waals surface area contributed by atoms with Crippen LogP contribution >= 0.6 is 0 Å². The molecule has 1 amide bonds. The third-order valence-corrected chi connectivity index (χ3v) is 5.59. The van der Waals surface area contributed by atoms with E-state index in [4.69, 9.17) is 13.9 Å². The van der Waals surface area contributed by atoms with E-state index in [9.17, 15) is 15.2 Å². The van der Waals surface area contributed by atoms with Crippen LogP contribution in [0.3, 0.4) is 0 Å². The number of amides is 1. The normalized spacial score (nSPS) is 15.4. The van der Waals surface area contributed by atoms with Crippen molar-refractivity contribution in [2.45, 2.75) is 31.9 Å². The van der Waals surface area contributed by atoms with Crippen LogP contribution in [0, 0.1) is 18.3 Å². The molecular weight excluding hydrogens is 398 g/mol. The fourth-order valence-electron chi connectivity index (χ4n) is 3.78. The summed E-state index contributed by atoms with van der Waals surface area (Å²) in [5, 5.41) is 22.7. The van der Waals surface area contributed by atoms with Gasteiger partial charge in [-0.2, -0.15) is 5.26 Å².